The monoisotopic (exact) mass is 200 g/mol. The minimum atomic E-state index is 0.0119. The van der Waals surface area contributed by atoms with E-state index in [1.807, 2.05) is 0 Å². The number of amides is 1. The number of carbonyl (C=O) groups excluding carboxylic acids is 1. The summed E-state index contributed by atoms with van der Waals surface area (Å²) in [5, 5.41) is 14.7. The second-order valence-corrected chi connectivity index (χ2v) is 3.72. The Morgan fingerprint density at radius 3 is 3.00 bits per heavy atom. The van der Waals surface area contributed by atoms with Crippen molar-refractivity contribution in [3.63, 3.8) is 0 Å². The third-order valence-electron chi connectivity index (χ3n) is 2.51. The number of carbonyl (C=O) groups is 1. The molecule has 1 unspecified atom stereocenters. The zero-order chi connectivity index (χ0) is 10.2. The molecule has 0 bridgehead atoms. The van der Waals surface area contributed by atoms with Crippen LogP contribution in [-0.4, -0.2) is 36.8 Å². The maximum absolute atomic E-state index is 11.3. The van der Waals surface area contributed by atoms with E-state index >= 15 is 0 Å². The average Bonchev–Trinajstić information content (AvgIpc) is 2.20. The van der Waals surface area contributed by atoms with E-state index in [0.717, 1.165) is 45.2 Å². The van der Waals surface area contributed by atoms with Crippen molar-refractivity contribution in [3.05, 3.63) is 0 Å². The number of hydrogen-bond acceptors (Lipinski definition) is 3. The lowest BCUT2D eigenvalue weighted by atomic mass is 10.1. The molecule has 1 aliphatic heterocycles. The molecule has 0 saturated carbocycles. The molecule has 1 saturated heterocycles. The summed E-state index contributed by atoms with van der Waals surface area (Å²) in [5.41, 5.74) is 0. The van der Waals surface area contributed by atoms with E-state index in [-0.39, 0.29) is 18.6 Å². The van der Waals surface area contributed by atoms with Gasteiger partial charge in [-0.2, -0.15) is 0 Å². The van der Waals surface area contributed by atoms with Crippen LogP contribution >= 0.6 is 0 Å². The van der Waals surface area contributed by atoms with Crippen LogP contribution in [0.1, 0.15) is 32.1 Å². The van der Waals surface area contributed by atoms with Crippen LogP contribution in [0.2, 0.25) is 0 Å². The fraction of sp³-hybridized carbons (Fsp3) is 0.900. The van der Waals surface area contributed by atoms with E-state index in [1.165, 1.54) is 0 Å². The highest BCUT2D eigenvalue weighted by Crippen LogP contribution is 2.03. The SMILES string of the molecule is O=C1NCCCC1NCCCCCO. The van der Waals surface area contributed by atoms with Crippen molar-refractivity contribution in [2.75, 3.05) is 19.7 Å². The smallest absolute Gasteiger partial charge is 0.237 e. The van der Waals surface area contributed by atoms with Crippen molar-refractivity contribution >= 4 is 5.91 Å². The van der Waals surface area contributed by atoms with Gasteiger partial charge in [0.05, 0.1) is 6.04 Å². The van der Waals surface area contributed by atoms with Gasteiger partial charge in [0.15, 0.2) is 0 Å². The fourth-order valence-electron chi connectivity index (χ4n) is 1.66. The van der Waals surface area contributed by atoms with Gasteiger partial charge in [-0.15, -0.1) is 0 Å². The Morgan fingerprint density at radius 1 is 1.43 bits per heavy atom. The molecule has 0 aromatic carbocycles. The zero-order valence-corrected chi connectivity index (χ0v) is 8.59. The molecule has 0 radical (unpaired) electrons. The molecule has 1 rings (SSSR count). The summed E-state index contributed by atoms with van der Waals surface area (Å²) >= 11 is 0. The van der Waals surface area contributed by atoms with Gasteiger partial charge in [-0.3, -0.25) is 4.79 Å². The molecule has 14 heavy (non-hydrogen) atoms. The minimum absolute atomic E-state index is 0.0119. The first kappa shape index (κ1) is 11.5. The molecule has 4 heteroatoms. The predicted molar refractivity (Wildman–Crippen MR) is 55.0 cm³/mol. The summed E-state index contributed by atoms with van der Waals surface area (Å²) in [6, 6.07) is 0.0119. The fourth-order valence-corrected chi connectivity index (χ4v) is 1.66. The van der Waals surface area contributed by atoms with E-state index in [9.17, 15) is 4.79 Å². The quantitative estimate of drug-likeness (QED) is 0.530. The zero-order valence-electron chi connectivity index (χ0n) is 8.59. The van der Waals surface area contributed by atoms with Crippen LogP contribution < -0.4 is 10.6 Å². The first-order valence-electron chi connectivity index (χ1n) is 5.46. The van der Waals surface area contributed by atoms with E-state index < -0.39 is 0 Å². The number of hydrogen-bond donors (Lipinski definition) is 3. The lowest BCUT2D eigenvalue weighted by Gasteiger charge is -2.22. The molecular formula is C10H20N2O2. The van der Waals surface area contributed by atoms with Gasteiger partial charge < -0.3 is 15.7 Å². The molecule has 0 aliphatic carbocycles. The molecule has 1 fully saturated rings. The number of unbranched alkanes of at least 4 members (excludes halogenated alkanes) is 2. The number of aliphatic hydroxyl groups is 1. The van der Waals surface area contributed by atoms with E-state index in [0.29, 0.717) is 0 Å². The highest BCUT2D eigenvalue weighted by Gasteiger charge is 2.20. The van der Waals surface area contributed by atoms with Crippen LogP contribution in [0.4, 0.5) is 0 Å². The number of nitrogens with one attached hydrogen (secondary N) is 2. The van der Waals surface area contributed by atoms with Crippen LogP contribution in [0.25, 0.3) is 0 Å². The van der Waals surface area contributed by atoms with Gasteiger partial charge in [-0.05, 0) is 38.6 Å². The molecular weight excluding hydrogens is 180 g/mol. The van der Waals surface area contributed by atoms with Crippen molar-refractivity contribution in [1.82, 2.24) is 10.6 Å². The van der Waals surface area contributed by atoms with E-state index in [4.69, 9.17) is 5.11 Å². The van der Waals surface area contributed by atoms with E-state index in [2.05, 4.69) is 10.6 Å². The molecule has 0 aromatic rings. The molecule has 1 heterocycles. The van der Waals surface area contributed by atoms with Crippen LogP contribution in [0.3, 0.4) is 0 Å². The standard InChI is InChI=1S/C10H20N2O2/c13-8-3-1-2-6-11-9-5-4-7-12-10(9)14/h9,11,13H,1-8H2,(H,12,14). The van der Waals surface area contributed by atoms with Gasteiger partial charge in [-0.25, -0.2) is 0 Å². The highest BCUT2D eigenvalue weighted by molar-refractivity contribution is 5.82. The average molecular weight is 200 g/mol. The predicted octanol–water partition coefficient (Wildman–Crippen LogP) is 0.0172. The van der Waals surface area contributed by atoms with Crippen LogP contribution in [-0.2, 0) is 4.79 Å². The summed E-state index contributed by atoms with van der Waals surface area (Å²) in [6.45, 7) is 1.96. The Bertz CT molecular complexity index is 174. The number of aliphatic hydroxyl groups excluding tert-OH is 1. The third kappa shape index (κ3) is 4.07. The Labute approximate surface area is 85.1 Å². The summed E-state index contributed by atoms with van der Waals surface area (Å²) in [5.74, 6) is 0.137. The van der Waals surface area contributed by atoms with E-state index in [1.54, 1.807) is 0 Å². The van der Waals surface area contributed by atoms with Gasteiger partial charge in [0.25, 0.3) is 0 Å². The number of piperidine rings is 1. The maximum atomic E-state index is 11.3. The lowest BCUT2D eigenvalue weighted by molar-refractivity contribution is -0.124. The van der Waals surface area contributed by atoms with Crippen molar-refractivity contribution < 1.29 is 9.90 Å². The third-order valence-corrected chi connectivity index (χ3v) is 2.51. The second-order valence-electron chi connectivity index (χ2n) is 3.72. The van der Waals surface area contributed by atoms with Gasteiger partial charge >= 0.3 is 0 Å². The molecule has 4 nitrogen and oxygen atoms in total. The molecule has 82 valence electrons. The first-order chi connectivity index (χ1) is 6.84. The van der Waals surface area contributed by atoms with Crippen LogP contribution in [0.5, 0.6) is 0 Å². The topological polar surface area (TPSA) is 61.4 Å². The molecule has 0 aromatic heterocycles. The van der Waals surface area contributed by atoms with Crippen molar-refractivity contribution in [2.45, 2.75) is 38.1 Å². The second kappa shape index (κ2) is 6.79. The van der Waals surface area contributed by atoms with Crippen molar-refractivity contribution in [3.8, 4) is 0 Å². The Morgan fingerprint density at radius 2 is 2.29 bits per heavy atom. The first-order valence-corrected chi connectivity index (χ1v) is 5.46. The van der Waals surface area contributed by atoms with Crippen LogP contribution in [0.15, 0.2) is 0 Å². The largest absolute Gasteiger partial charge is 0.396 e. The van der Waals surface area contributed by atoms with Gasteiger partial charge in [0, 0.05) is 13.2 Å². The molecule has 1 amide bonds. The molecule has 1 aliphatic rings. The molecule has 3 N–H and O–H groups in total. The molecule has 0 spiro atoms. The van der Waals surface area contributed by atoms with Crippen molar-refractivity contribution in [2.24, 2.45) is 0 Å². The highest BCUT2D eigenvalue weighted by atomic mass is 16.2. The summed E-state index contributed by atoms with van der Waals surface area (Å²) in [7, 11) is 0. The Balaban J connectivity index is 2.02. The normalized spacial score (nSPS) is 22.1. The Kier molecular flexibility index (Phi) is 5.56. The van der Waals surface area contributed by atoms with Crippen LogP contribution in [0, 0.1) is 0 Å². The summed E-state index contributed by atoms with van der Waals surface area (Å²) < 4.78 is 0. The summed E-state index contributed by atoms with van der Waals surface area (Å²) in [6.07, 6.45) is 4.94. The lowest BCUT2D eigenvalue weighted by Crippen LogP contribution is -2.48. The Hall–Kier alpha value is -0.610. The van der Waals surface area contributed by atoms with Crippen molar-refractivity contribution in [1.29, 1.82) is 0 Å². The molecule has 1 atom stereocenters. The summed E-state index contributed by atoms with van der Waals surface area (Å²) in [4.78, 5) is 11.3. The van der Waals surface area contributed by atoms with Gasteiger partial charge in [-0.1, -0.05) is 0 Å². The minimum Gasteiger partial charge on any atom is -0.396 e. The van der Waals surface area contributed by atoms with Gasteiger partial charge in [0.2, 0.25) is 5.91 Å². The number of rotatable bonds is 6. The van der Waals surface area contributed by atoms with Gasteiger partial charge in [0.1, 0.15) is 0 Å². The maximum Gasteiger partial charge on any atom is 0.237 e.